The molecule has 5 heteroatoms. The van der Waals surface area contributed by atoms with E-state index in [-0.39, 0.29) is 23.4 Å². The molecule has 1 amide bonds. The lowest BCUT2D eigenvalue weighted by atomic mass is 9.93. The number of rotatable bonds is 2. The Hall–Kier alpha value is -1.49. The van der Waals surface area contributed by atoms with Gasteiger partial charge in [-0.25, -0.2) is 8.78 Å². The van der Waals surface area contributed by atoms with Crippen molar-refractivity contribution in [2.45, 2.75) is 25.8 Å². The number of hydrogen-bond acceptors (Lipinski definition) is 2. The lowest BCUT2D eigenvalue weighted by Crippen LogP contribution is -2.47. The largest absolute Gasteiger partial charge is 0.336 e. The first-order valence-electron chi connectivity index (χ1n) is 6.48. The molecule has 1 aromatic rings. The van der Waals surface area contributed by atoms with Crippen molar-refractivity contribution < 1.29 is 13.6 Å². The number of benzene rings is 1. The highest BCUT2D eigenvalue weighted by molar-refractivity contribution is 5.94. The Bertz CT molecular complexity index is 458. The van der Waals surface area contributed by atoms with Crippen LogP contribution in [0.25, 0.3) is 0 Å². The molecule has 0 aliphatic carbocycles. The third kappa shape index (κ3) is 3.10. The third-order valence-corrected chi connectivity index (χ3v) is 3.68. The first-order valence-corrected chi connectivity index (χ1v) is 6.48. The van der Waals surface area contributed by atoms with Crippen LogP contribution >= 0.6 is 0 Å². The molecule has 1 aromatic carbocycles. The molecule has 1 saturated heterocycles. The molecule has 1 fully saturated rings. The molecule has 2 unspecified atom stereocenters. The molecule has 0 spiro atoms. The fourth-order valence-electron chi connectivity index (χ4n) is 2.50. The maximum absolute atomic E-state index is 13.2. The summed E-state index contributed by atoms with van der Waals surface area (Å²) in [7, 11) is 0. The van der Waals surface area contributed by atoms with Crippen molar-refractivity contribution in [3.05, 3.63) is 35.4 Å². The first-order chi connectivity index (χ1) is 9.01. The molecule has 1 aliphatic rings. The Morgan fingerprint density at radius 2 is 1.95 bits per heavy atom. The van der Waals surface area contributed by atoms with Gasteiger partial charge in [0.05, 0.1) is 0 Å². The van der Waals surface area contributed by atoms with E-state index < -0.39 is 11.6 Å². The predicted molar refractivity (Wildman–Crippen MR) is 68.6 cm³/mol. The van der Waals surface area contributed by atoms with Crippen LogP contribution in [0.5, 0.6) is 0 Å². The summed E-state index contributed by atoms with van der Waals surface area (Å²) in [6.07, 6.45) is 1.85. The number of carbonyl (C=O) groups is 1. The van der Waals surface area contributed by atoms with Crippen LogP contribution in [0, 0.1) is 17.6 Å². The molecule has 2 atom stereocenters. The standard InChI is InChI=1S/C14H18F2N2O/c1-9-2-3-10(7-17)8-18(9)14(19)11-4-12(15)6-13(16)5-11/h4-6,9-10H,2-3,7-8,17H2,1H3. The predicted octanol–water partition coefficient (Wildman–Crippen LogP) is 2.16. The van der Waals surface area contributed by atoms with Gasteiger partial charge in [0.2, 0.25) is 0 Å². The van der Waals surface area contributed by atoms with Crippen molar-refractivity contribution >= 4 is 5.91 Å². The van der Waals surface area contributed by atoms with E-state index in [4.69, 9.17) is 5.73 Å². The van der Waals surface area contributed by atoms with Crippen LogP contribution in [0.1, 0.15) is 30.1 Å². The summed E-state index contributed by atoms with van der Waals surface area (Å²) >= 11 is 0. The summed E-state index contributed by atoms with van der Waals surface area (Å²) < 4.78 is 26.3. The number of amides is 1. The van der Waals surface area contributed by atoms with Gasteiger partial charge in [0.15, 0.2) is 0 Å². The lowest BCUT2D eigenvalue weighted by Gasteiger charge is -2.37. The summed E-state index contributed by atoms with van der Waals surface area (Å²) in [5.74, 6) is -1.53. The summed E-state index contributed by atoms with van der Waals surface area (Å²) in [4.78, 5) is 14.0. The number of nitrogens with two attached hydrogens (primary N) is 1. The van der Waals surface area contributed by atoms with Gasteiger partial charge in [-0.05, 0) is 44.4 Å². The second-order valence-corrected chi connectivity index (χ2v) is 5.14. The van der Waals surface area contributed by atoms with Crippen molar-refractivity contribution in [1.29, 1.82) is 0 Å². The topological polar surface area (TPSA) is 46.3 Å². The van der Waals surface area contributed by atoms with E-state index in [0.717, 1.165) is 31.0 Å². The lowest BCUT2D eigenvalue weighted by molar-refractivity contribution is 0.0566. The zero-order valence-corrected chi connectivity index (χ0v) is 10.9. The minimum absolute atomic E-state index is 0.0574. The first kappa shape index (κ1) is 13.9. The number of halogens is 2. The second-order valence-electron chi connectivity index (χ2n) is 5.14. The summed E-state index contributed by atoms with van der Waals surface area (Å²) in [6, 6.07) is 2.98. The molecule has 104 valence electrons. The molecular formula is C14H18F2N2O. The summed E-state index contributed by atoms with van der Waals surface area (Å²) in [6.45, 7) is 3.02. The molecule has 3 nitrogen and oxygen atoms in total. The Morgan fingerprint density at radius 3 is 2.53 bits per heavy atom. The normalized spacial score (nSPS) is 23.5. The average molecular weight is 268 g/mol. The van der Waals surface area contributed by atoms with E-state index in [1.807, 2.05) is 6.92 Å². The SMILES string of the molecule is CC1CCC(CN)CN1C(=O)c1cc(F)cc(F)c1. The quantitative estimate of drug-likeness (QED) is 0.893. The smallest absolute Gasteiger partial charge is 0.254 e. The Kier molecular flexibility index (Phi) is 4.14. The third-order valence-electron chi connectivity index (χ3n) is 3.68. The number of likely N-dealkylation sites (tertiary alicyclic amines) is 1. The molecule has 2 N–H and O–H groups in total. The maximum Gasteiger partial charge on any atom is 0.254 e. The number of nitrogens with zero attached hydrogens (tertiary/aromatic N) is 1. The minimum atomic E-state index is -0.733. The van der Waals surface area contributed by atoms with E-state index >= 15 is 0 Å². The molecule has 2 rings (SSSR count). The molecule has 0 bridgehead atoms. The average Bonchev–Trinajstić information content (AvgIpc) is 2.37. The van der Waals surface area contributed by atoms with Crippen molar-refractivity contribution in [3.8, 4) is 0 Å². The highest BCUT2D eigenvalue weighted by Gasteiger charge is 2.29. The monoisotopic (exact) mass is 268 g/mol. The van der Waals surface area contributed by atoms with Crippen molar-refractivity contribution in [2.24, 2.45) is 11.7 Å². The van der Waals surface area contributed by atoms with Gasteiger partial charge >= 0.3 is 0 Å². The van der Waals surface area contributed by atoms with Gasteiger partial charge < -0.3 is 10.6 Å². The van der Waals surface area contributed by atoms with Crippen LogP contribution in [0.3, 0.4) is 0 Å². The molecule has 19 heavy (non-hydrogen) atoms. The molecule has 0 saturated carbocycles. The van der Waals surface area contributed by atoms with Crippen LogP contribution < -0.4 is 5.73 Å². The van der Waals surface area contributed by atoms with Crippen LogP contribution in [-0.4, -0.2) is 29.9 Å². The van der Waals surface area contributed by atoms with E-state index in [2.05, 4.69) is 0 Å². The summed E-state index contributed by atoms with van der Waals surface area (Å²) in [5.41, 5.74) is 5.70. The molecule has 0 radical (unpaired) electrons. The highest BCUT2D eigenvalue weighted by Crippen LogP contribution is 2.23. The molecular weight excluding hydrogens is 250 g/mol. The van der Waals surface area contributed by atoms with Crippen molar-refractivity contribution in [2.75, 3.05) is 13.1 Å². The zero-order valence-electron chi connectivity index (χ0n) is 10.9. The van der Waals surface area contributed by atoms with Gasteiger partial charge in [-0.15, -0.1) is 0 Å². The van der Waals surface area contributed by atoms with Crippen LogP contribution in [-0.2, 0) is 0 Å². The Morgan fingerprint density at radius 1 is 1.32 bits per heavy atom. The molecule has 0 aromatic heterocycles. The zero-order chi connectivity index (χ0) is 14.0. The fourth-order valence-corrected chi connectivity index (χ4v) is 2.50. The number of piperidine rings is 1. The maximum atomic E-state index is 13.2. The van der Waals surface area contributed by atoms with Crippen LogP contribution in [0.4, 0.5) is 8.78 Å². The fraction of sp³-hybridized carbons (Fsp3) is 0.500. The van der Waals surface area contributed by atoms with Gasteiger partial charge in [0, 0.05) is 24.2 Å². The second kappa shape index (κ2) is 5.65. The number of carbonyl (C=O) groups excluding carboxylic acids is 1. The van der Waals surface area contributed by atoms with E-state index in [9.17, 15) is 13.6 Å². The number of hydrogen-bond donors (Lipinski definition) is 1. The molecule has 1 heterocycles. The Labute approximate surface area is 111 Å². The van der Waals surface area contributed by atoms with Crippen LogP contribution in [0.2, 0.25) is 0 Å². The van der Waals surface area contributed by atoms with Gasteiger partial charge in [-0.3, -0.25) is 4.79 Å². The van der Waals surface area contributed by atoms with Gasteiger partial charge in [0.1, 0.15) is 11.6 Å². The van der Waals surface area contributed by atoms with Gasteiger partial charge in [0.25, 0.3) is 5.91 Å². The Balaban J connectivity index is 2.21. The van der Waals surface area contributed by atoms with Crippen LogP contribution in [0.15, 0.2) is 18.2 Å². The van der Waals surface area contributed by atoms with E-state index in [0.29, 0.717) is 13.1 Å². The van der Waals surface area contributed by atoms with Gasteiger partial charge in [-0.1, -0.05) is 0 Å². The van der Waals surface area contributed by atoms with E-state index in [1.165, 1.54) is 0 Å². The van der Waals surface area contributed by atoms with Crippen molar-refractivity contribution in [3.63, 3.8) is 0 Å². The van der Waals surface area contributed by atoms with Gasteiger partial charge in [-0.2, -0.15) is 0 Å². The summed E-state index contributed by atoms with van der Waals surface area (Å²) in [5, 5.41) is 0. The highest BCUT2D eigenvalue weighted by atomic mass is 19.1. The minimum Gasteiger partial charge on any atom is -0.336 e. The van der Waals surface area contributed by atoms with E-state index in [1.54, 1.807) is 4.90 Å². The molecule has 1 aliphatic heterocycles. The van der Waals surface area contributed by atoms with Crippen molar-refractivity contribution in [1.82, 2.24) is 4.90 Å².